The number of hydrogen-bond donors (Lipinski definition) is 1. The van der Waals surface area contributed by atoms with Crippen molar-refractivity contribution >= 4 is 23.3 Å². The Kier molecular flexibility index (Phi) is 5.12. The topological polar surface area (TPSA) is 90.9 Å². The van der Waals surface area contributed by atoms with Crippen LogP contribution in [0, 0.1) is 0 Å². The first-order valence-electron chi connectivity index (χ1n) is 8.32. The van der Waals surface area contributed by atoms with E-state index in [2.05, 4.69) is 5.32 Å². The zero-order valence-corrected chi connectivity index (χ0v) is 15.2. The molecule has 2 aromatic rings. The van der Waals surface area contributed by atoms with Crippen LogP contribution in [0.4, 0.5) is 5.69 Å². The van der Waals surface area contributed by atoms with Crippen LogP contribution >= 0.6 is 0 Å². The zero-order valence-electron chi connectivity index (χ0n) is 15.2. The maximum absolute atomic E-state index is 12.4. The fourth-order valence-corrected chi connectivity index (χ4v) is 2.93. The van der Waals surface area contributed by atoms with Crippen LogP contribution in [0.2, 0.25) is 0 Å². The van der Waals surface area contributed by atoms with E-state index in [0.29, 0.717) is 22.7 Å². The number of fused-ring (bicyclic) bond motifs is 1. The van der Waals surface area contributed by atoms with Crippen molar-refractivity contribution in [2.75, 3.05) is 26.1 Å². The van der Waals surface area contributed by atoms with Gasteiger partial charge in [0, 0.05) is 11.3 Å². The third-order valence-corrected chi connectivity index (χ3v) is 4.46. The Morgan fingerprint density at radius 1 is 1.07 bits per heavy atom. The van der Waals surface area contributed by atoms with E-state index >= 15 is 0 Å². The highest BCUT2D eigenvalue weighted by atomic mass is 16.5. The lowest BCUT2D eigenvalue weighted by molar-refractivity contribution is -0.116. The van der Waals surface area contributed by atoms with Gasteiger partial charge in [0.15, 0.2) is 12.4 Å². The average molecular weight is 369 g/mol. The SMILES string of the molecule is COc1cccc(OC)c1C(=O)OCC(=O)c1ccc2c(c1)[C@H](C)C(=O)N2. The lowest BCUT2D eigenvalue weighted by Gasteiger charge is -2.12. The number of hydrogen-bond acceptors (Lipinski definition) is 6. The van der Waals surface area contributed by atoms with Gasteiger partial charge in [0.2, 0.25) is 5.91 Å². The Balaban J connectivity index is 1.74. The molecule has 0 radical (unpaired) electrons. The van der Waals surface area contributed by atoms with Gasteiger partial charge in [0.25, 0.3) is 0 Å². The van der Waals surface area contributed by atoms with Crippen LogP contribution in [0.3, 0.4) is 0 Å². The third-order valence-electron chi connectivity index (χ3n) is 4.46. The molecule has 3 rings (SSSR count). The van der Waals surface area contributed by atoms with Gasteiger partial charge >= 0.3 is 5.97 Å². The van der Waals surface area contributed by atoms with E-state index in [0.717, 1.165) is 5.56 Å². The number of amides is 1. The molecule has 1 amide bonds. The minimum atomic E-state index is -0.718. The quantitative estimate of drug-likeness (QED) is 0.622. The van der Waals surface area contributed by atoms with Crippen molar-refractivity contribution in [1.82, 2.24) is 0 Å². The Morgan fingerprint density at radius 2 is 1.74 bits per heavy atom. The molecule has 1 aliphatic heterocycles. The number of carbonyl (C=O) groups excluding carboxylic acids is 3. The molecule has 2 aromatic carbocycles. The Labute approximate surface area is 156 Å². The number of rotatable bonds is 6. The van der Waals surface area contributed by atoms with Crippen LogP contribution in [-0.4, -0.2) is 38.5 Å². The van der Waals surface area contributed by atoms with E-state index in [1.54, 1.807) is 43.3 Å². The van der Waals surface area contributed by atoms with Crippen LogP contribution in [0.5, 0.6) is 11.5 Å². The maximum atomic E-state index is 12.4. The number of ether oxygens (including phenoxy) is 3. The van der Waals surface area contributed by atoms with Crippen LogP contribution < -0.4 is 14.8 Å². The molecule has 7 heteroatoms. The van der Waals surface area contributed by atoms with E-state index in [1.807, 2.05) is 0 Å². The second-order valence-electron chi connectivity index (χ2n) is 6.05. The van der Waals surface area contributed by atoms with Gasteiger partial charge in [0.05, 0.1) is 20.1 Å². The minimum absolute atomic E-state index is 0.107. The molecular weight excluding hydrogens is 350 g/mol. The molecule has 140 valence electrons. The number of esters is 1. The lowest BCUT2D eigenvalue weighted by atomic mass is 9.99. The van der Waals surface area contributed by atoms with Crippen molar-refractivity contribution in [3.05, 3.63) is 53.1 Å². The maximum Gasteiger partial charge on any atom is 0.346 e. The van der Waals surface area contributed by atoms with Gasteiger partial charge in [-0.15, -0.1) is 0 Å². The highest BCUT2D eigenvalue weighted by molar-refractivity contribution is 6.05. The summed E-state index contributed by atoms with van der Waals surface area (Å²) in [7, 11) is 2.86. The number of anilines is 1. The van der Waals surface area contributed by atoms with Crippen LogP contribution in [0.15, 0.2) is 36.4 Å². The summed E-state index contributed by atoms with van der Waals surface area (Å²) in [5.74, 6) is -0.932. The van der Waals surface area contributed by atoms with Crippen molar-refractivity contribution in [2.45, 2.75) is 12.8 Å². The predicted molar refractivity (Wildman–Crippen MR) is 97.6 cm³/mol. The molecular formula is C20H19NO6. The smallest absolute Gasteiger partial charge is 0.346 e. The van der Waals surface area contributed by atoms with Gasteiger partial charge in [0.1, 0.15) is 17.1 Å². The first-order valence-corrected chi connectivity index (χ1v) is 8.32. The largest absolute Gasteiger partial charge is 0.496 e. The number of carbonyl (C=O) groups is 3. The van der Waals surface area contributed by atoms with E-state index < -0.39 is 12.6 Å². The zero-order chi connectivity index (χ0) is 19.6. The Bertz CT molecular complexity index is 898. The molecule has 1 atom stereocenters. The van der Waals surface area contributed by atoms with Crippen LogP contribution in [-0.2, 0) is 9.53 Å². The molecule has 27 heavy (non-hydrogen) atoms. The highest BCUT2D eigenvalue weighted by Gasteiger charge is 2.27. The van der Waals surface area contributed by atoms with Crippen molar-refractivity contribution in [3.8, 4) is 11.5 Å². The van der Waals surface area contributed by atoms with Crippen molar-refractivity contribution in [1.29, 1.82) is 0 Å². The van der Waals surface area contributed by atoms with E-state index in [4.69, 9.17) is 14.2 Å². The summed E-state index contributed by atoms with van der Waals surface area (Å²) in [5, 5.41) is 2.75. The van der Waals surface area contributed by atoms with Gasteiger partial charge in [-0.3, -0.25) is 9.59 Å². The molecule has 1 aliphatic rings. The summed E-state index contributed by atoms with van der Waals surface area (Å²) in [5.41, 5.74) is 1.94. The molecule has 0 saturated carbocycles. The Hall–Kier alpha value is -3.35. The standard InChI is InChI=1S/C20H19NO6/c1-11-13-9-12(7-8-14(13)21-19(11)23)15(22)10-27-20(24)18-16(25-2)5-4-6-17(18)26-3/h4-9,11H,10H2,1-3H3,(H,21,23)/t11-/m0/s1. The second kappa shape index (κ2) is 7.49. The minimum Gasteiger partial charge on any atom is -0.496 e. The Morgan fingerprint density at radius 3 is 2.37 bits per heavy atom. The average Bonchev–Trinajstić information content (AvgIpc) is 2.98. The highest BCUT2D eigenvalue weighted by Crippen LogP contribution is 2.33. The number of benzene rings is 2. The summed E-state index contributed by atoms with van der Waals surface area (Å²) in [6.07, 6.45) is 0. The monoisotopic (exact) mass is 369 g/mol. The van der Waals surface area contributed by atoms with E-state index in [1.165, 1.54) is 14.2 Å². The summed E-state index contributed by atoms with van der Waals surface area (Å²) < 4.78 is 15.5. The third kappa shape index (κ3) is 3.48. The molecule has 0 aromatic heterocycles. The van der Waals surface area contributed by atoms with E-state index in [-0.39, 0.29) is 23.2 Å². The number of methoxy groups -OCH3 is 2. The molecule has 0 aliphatic carbocycles. The molecule has 0 fully saturated rings. The summed E-state index contributed by atoms with van der Waals surface area (Å²) in [4.78, 5) is 36.6. The lowest BCUT2D eigenvalue weighted by Crippen LogP contribution is -2.16. The molecule has 0 bridgehead atoms. The first-order chi connectivity index (χ1) is 13.0. The molecule has 0 saturated heterocycles. The summed E-state index contributed by atoms with van der Waals surface area (Å²) >= 11 is 0. The van der Waals surface area contributed by atoms with Crippen molar-refractivity contribution in [2.24, 2.45) is 0 Å². The fraction of sp³-hybridized carbons (Fsp3) is 0.250. The summed E-state index contributed by atoms with van der Waals surface area (Å²) in [6, 6.07) is 9.81. The predicted octanol–water partition coefficient (Wildman–Crippen LogP) is 2.80. The van der Waals surface area contributed by atoms with Crippen molar-refractivity contribution < 1.29 is 28.6 Å². The summed E-state index contributed by atoms with van der Waals surface area (Å²) in [6.45, 7) is 1.33. The van der Waals surface area contributed by atoms with Gasteiger partial charge in [-0.2, -0.15) is 0 Å². The molecule has 1 N–H and O–H groups in total. The van der Waals surface area contributed by atoms with Crippen LogP contribution in [0.1, 0.15) is 39.1 Å². The van der Waals surface area contributed by atoms with Gasteiger partial charge in [-0.05, 0) is 42.8 Å². The number of nitrogens with one attached hydrogen (secondary N) is 1. The number of Topliss-reactive ketones (excluding diaryl/α,β-unsaturated/α-hetero) is 1. The van der Waals surface area contributed by atoms with E-state index in [9.17, 15) is 14.4 Å². The fourth-order valence-electron chi connectivity index (χ4n) is 2.93. The molecule has 0 spiro atoms. The molecule has 0 unspecified atom stereocenters. The van der Waals surface area contributed by atoms with Gasteiger partial charge < -0.3 is 19.5 Å². The van der Waals surface area contributed by atoms with Crippen LogP contribution in [0.25, 0.3) is 0 Å². The van der Waals surface area contributed by atoms with Gasteiger partial charge in [-0.1, -0.05) is 6.07 Å². The molecule has 1 heterocycles. The molecule has 7 nitrogen and oxygen atoms in total. The normalized spacial score (nSPS) is 14.9. The van der Waals surface area contributed by atoms with Gasteiger partial charge in [-0.25, -0.2) is 4.79 Å². The van der Waals surface area contributed by atoms with Crippen molar-refractivity contribution in [3.63, 3.8) is 0 Å². The first kappa shape index (κ1) is 18.4. The second-order valence-corrected chi connectivity index (χ2v) is 6.05. The number of ketones is 1.